The molecule has 2 aromatic carbocycles. The molecule has 0 atom stereocenters. The lowest BCUT2D eigenvalue weighted by Gasteiger charge is -2.01. The standard InChI is InChI=1S/C18H12F2N6O3/c19-14(20)17-23-22-16(29-17)11-6-4-10(5-7-11)9-26-24-15(21-25-26)12-2-1-3-13(8-12)18(27)28/h1-8,14H,9H2,(H,27,28). The van der Waals surface area contributed by atoms with E-state index in [4.69, 9.17) is 9.52 Å². The molecule has 0 aliphatic rings. The van der Waals surface area contributed by atoms with E-state index in [1.807, 2.05) is 0 Å². The van der Waals surface area contributed by atoms with Crippen LogP contribution in [0.4, 0.5) is 8.78 Å². The van der Waals surface area contributed by atoms with Crippen LogP contribution in [0.1, 0.15) is 28.2 Å². The Kier molecular flexibility index (Phi) is 4.77. The van der Waals surface area contributed by atoms with Crippen LogP contribution < -0.4 is 0 Å². The molecule has 0 aliphatic heterocycles. The predicted molar refractivity (Wildman–Crippen MR) is 94.0 cm³/mol. The summed E-state index contributed by atoms with van der Waals surface area (Å²) in [6.07, 6.45) is -2.82. The number of carboxylic acid groups (broad SMARTS) is 1. The number of tetrazole rings is 1. The van der Waals surface area contributed by atoms with Gasteiger partial charge in [0.2, 0.25) is 11.7 Å². The average molecular weight is 398 g/mol. The number of alkyl halides is 2. The van der Waals surface area contributed by atoms with Crippen LogP contribution in [0.2, 0.25) is 0 Å². The number of aromatic carboxylic acids is 1. The molecule has 1 N–H and O–H groups in total. The number of aromatic nitrogens is 6. The average Bonchev–Trinajstić information content (AvgIpc) is 3.39. The molecule has 0 unspecified atom stereocenters. The second-order valence-corrected chi connectivity index (χ2v) is 5.97. The minimum Gasteiger partial charge on any atom is -0.478 e. The monoisotopic (exact) mass is 398 g/mol. The Bertz CT molecular complexity index is 1160. The van der Waals surface area contributed by atoms with E-state index in [9.17, 15) is 13.6 Å². The number of rotatable bonds is 6. The topological polar surface area (TPSA) is 120 Å². The van der Waals surface area contributed by atoms with Crippen molar-refractivity contribution in [3.63, 3.8) is 0 Å². The maximum atomic E-state index is 12.5. The van der Waals surface area contributed by atoms with Gasteiger partial charge in [-0.3, -0.25) is 0 Å². The summed E-state index contributed by atoms with van der Waals surface area (Å²) in [6, 6.07) is 13.1. The highest BCUT2D eigenvalue weighted by Crippen LogP contribution is 2.23. The molecule has 4 aromatic rings. The van der Waals surface area contributed by atoms with Crippen molar-refractivity contribution in [2.24, 2.45) is 0 Å². The first-order chi connectivity index (χ1) is 14.0. The Morgan fingerprint density at radius 2 is 1.86 bits per heavy atom. The van der Waals surface area contributed by atoms with E-state index in [0.717, 1.165) is 5.56 Å². The molecule has 0 amide bonds. The molecule has 0 spiro atoms. The van der Waals surface area contributed by atoms with Gasteiger partial charge in [-0.05, 0) is 35.0 Å². The molecule has 11 heteroatoms. The molecule has 9 nitrogen and oxygen atoms in total. The van der Waals surface area contributed by atoms with E-state index in [-0.39, 0.29) is 11.5 Å². The van der Waals surface area contributed by atoms with Crippen LogP contribution in [-0.4, -0.2) is 41.5 Å². The summed E-state index contributed by atoms with van der Waals surface area (Å²) in [6.45, 7) is 0.304. The Morgan fingerprint density at radius 1 is 1.07 bits per heavy atom. The van der Waals surface area contributed by atoms with Crippen LogP contribution in [0.15, 0.2) is 52.9 Å². The molecule has 0 fully saturated rings. The van der Waals surface area contributed by atoms with E-state index >= 15 is 0 Å². The van der Waals surface area contributed by atoms with Crippen molar-refractivity contribution in [2.45, 2.75) is 13.0 Å². The summed E-state index contributed by atoms with van der Waals surface area (Å²) in [5.74, 6) is -1.46. The maximum absolute atomic E-state index is 12.5. The fraction of sp³-hybridized carbons (Fsp3) is 0.111. The largest absolute Gasteiger partial charge is 0.478 e. The van der Waals surface area contributed by atoms with Gasteiger partial charge < -0.3 is 9.52 Å². The summed E-state index contributed by atoms with van der Waals surface area (Å²) in [4.78, 5) is 12.4. The first-order valence-electron chi connectivity index (χ1n) is 8.32. The smallest absolute Gasteiger partial charge is 0.335 e. The summed E-state index contributed by atoms with van der Waals surface area (Å²) >= 11 is 0. The van der Waals surface area contributed by atoms with Crippen molar-refractivity contribution in [3.05, 3.63) is 65.5 Å². The van der Waals surface area contributed by atoms with E-state index in [1.54, 1.807) is 36.4 Å². The Labute approximate surface area is 161 Å². The van der Waals surface area contributed by atoms with Crippen molar-refractivity contribution < 1.29 is 23.1 Å². The number of carbonyl (C=O) groups is 1. The highest BCUT2D eigenvalue weighted by Gasteiger charge is 2.17. The van der Waals surface area contributed by atoms with E-state index in [1.165, 1.54) is 16.9 Å². The summed E-state index contributed by atoms with van der Waals surface area (Å²) in [5.41, 5.74) is 2.00. The van der Waals surface area contributed by atoms with E-state index in [2.05, 4.69) is 25.6 Å². The van der Waals surface area contributed by atoms with E-state index in [0.29, 0.717) is 23.5 Å². The molecule has 0 radical (unpaired) electrons. The SMILES string of the molecule is O=C(O)c1cccc(-c2nnn(Cc3ccc(-c4nnc(C(F)F)o4)cc3)n2)c1. The van der Waals surface area contributed by atoms with Gasteiger partial charge in [0.05, 0.1) is 12.1 Å². The normalized spacial score (nSPS) is 11.1. The van der Waals surface area contributed by atoms with Crippen LogP contribution >= 0.6 is 0 Å². The molecule has 146 valence electrons. The van der Waals surface area contributed by atoms with Crippen LogP contribution in [0.5, 0.6) is 0 Å². The predicted octanol–water partition coefficient (Wildman–Crippen LogP) is 3.07. The third kappa shape index (κ3) is 3.98. The third-order valence-corrected chi connectivity index (χ3v) is 3.97. The van der Waals surface area contributed by atoms with Crippen molar-refractivity contribution in [1.29, 1.82) is 0 Å². The van der Waals surface area contributed by atoms with Crippen molar-refractivity contribution in [1.82, 2.24) is 30.4 Å². The van der Waals surface area contributed by atoms with Gasteiger partial charge in [-0.15, -0.1) is 20.4 Å². The zero-order chi connectivity index (χ0) is 20.4. The molecule has 0 saturated heterocycles. The summed E-state index contributed by atoms with van der Waals surface area (Å²) in [7, 11) is 0. The summed E-state index contributed by atoms with van der Waals surface area (Å²) < 4.78 is 30.0. The van der Waals surface area contributed by atoms with Crippen molar-refractivity contribution in [2.75, 3.05) is 0 Å². The van der Waals surface area contributed by atoms with Gasteiger partial charge in [0, 0.05) is 11.1 Å². The second kappa shape index (κ2) is 7.54. The number of carboxylic acids is 1. The highest BCUT2D eigenvalue weighted by molar-refractivity contribution is 5.89. The fourth-order valence-corrected chi connectivity index (χ4v) is 2.57. The molecule has 2 heterocycles. The highest BCUT2D eigenvalue weighted by atomic mass is 19.3. The van der Waals surface area contributed by atoms with Gasteiger partial charge in [-0.25, -0.2) is 4.79 Å². The number of nitrogens with zero attached hydrogens (tertiary/aromatic N) is 6. The number of benzene rings is 2. The third-order valence-electron chi connectivity index (χ3n) is 3.97. The quantitative estimate of drug-likeness (QED) is 0.526. The zero-order valence-corrected chi connectivity index (χ0v) is 14.6. The lowest BCUT2D eigenvalue weighted by molar-refractivity contribution is 0.0697. The van der Waals surface area contributed by atoms with Gasteiger partial charge in [-0.2, -0.15) is 13.6 Å². The van der Waals surface area contributed by atoms with E-state index < -0.39 is 18.3 Å². The first kappa shape index (κ1) is 18.3. The molecular weight excluding hydrogens is 386 g/mol. The first-order valence-corrected chi connectivity index (χ1v) is 8.32. The summed E-state index contributed by atoms with van der Waals surface area (Å²) in [5, 5.41) is 28.1. The van der Waals surface area contributed by atoms with Crippen LogP contribution in [-0.2, 0) is 6.54 Å². The molecule has 29 heavy (non-hydrogen) atoms. The van der Waals surface area contributed by atoms with Gasteiger partial charge in [0.15, 0.2) is 0 Å². The van der Waals surface area contributed by atoms with Crippen LogP contribution in [0.25, 0.3) is 22.8 Å². The number of halogens is 2. The second-order valence-electron chi connectivity index (χ2n) is 5.97. The van der Waals surface area contributed by atoms with Crippen molar-refractivity contribution >= 4 is 5.97 Å². The molecule has 4 rings (SSSR count). The fourth-order valence-electron chi connectivity index (χ4n) is 2.57. The van der Waals surface area contributed by atoms with Gasteiger partial charge in [-0.1, -0.05) is 24.3 Å². The molecule has 0 aliphatic carbocycles. The maximum Gasteiger partial charge on any atom is 0.335 e. The van der Waals surface area contributed by atoms with Crippen LogP contribution in [0.3, 0.4) is 0 Å². The zero-order valence-electron chi connectivity index (χ0n) is 14.6. The van der Waals surface area contributed by atoms with Gasteiger partial charge in [0.25, 0.3) is 5.89 Å². The van der Waals surface area contributed by atoms with Gasteiger partial charge >= 0.3 is 12.4 Å². The lowest BCUT2D eigenvalue weighted by atomic mass is 10.1. The molecule has 0 bridgehead atoms. The minimum atomic E-state index is -2.82. The Morgan fingerprint density at radius 3 is 2.55 bits per heavy atom. The van der Waals surface area contributed by atoms with Crippen molar-refractivity contribution in [3.8, 4) is 22.8 Å². The molecular formula is C18H12F2N6O3. The lowest BCUT2D eigenvalue weighted by Crippen LogP contribution is -2.04. The number of hydrogen-bond donors (Lipinski definition) is 1. The molecule has 2 aromatic heterocycles. The number of hydrogen-bond acceptors (Lipinski definition) is 7. The Balaban J connectivity index is 1.49. The van der Waals surface area contributed by atoms with Gasteiger partial charge in [0.1, 0.15) is 0 Å². The van der Waals surface area contributed by atoms with Crippen LogP contribution in [0, 0.1) is 0 Å². The molecule has 0 saturated carbocycles. The Hall–Kier alpha value is -4.02. The minimum absolute atomic E-state index is 0.00586.